The lowest BCUT2D eigenvalue weighted by Crippen LogP contribution is -2.40. The van der Waals surface area contributed by atoms with Gasteiger partial charge >= 0.3 is 0 Å². The van der Waals surface area contributed by atoms with Gasteiger partial charge in [-0.15, -0.1) is 23.2 Å². The van der Waals surface area contributed by atoms with Crippen molar-refractivity contribution in [2.24, 2.45) is 5.41 Å². The maximum absolute atomic E-state index is 12.3. The molecule has 120 valence electrons. The normalized spacial score (nSPS) is 22.0. The molecule has 22 heavy (non-hydrogen) atoms. The number of carbonyl (C=O) groups excluding carboxylic acids is 2. The maximum atomic E-state index is 12.3. The summed E-state index contributed by atoms with van der Waals surface area (Å²) in [5.41, 5.74) is 1.03. The average molecular weight is 343 g/mol. The van der Waals surface area contributed by atoms with Crippen molar-refractivity contribution in [1.82, 2.24) is 4.90 Å². The number of nitrogens with one attached hydrogen (secondary N) is 1. The highest BCUT2D eigenvalue weighted by Gasteiger charge is 2.68. The molecule has 1 atom stereocenters. The van der Waals surface area contributed by atoms with E-state index in [-0.39, 0.29) is 18.4 Å². The molecule has 1 saturated carbocycles. The number of amides is 2. The van der Waals surface area contributed by atoms with E-state index in [4.69, 9.17) is 23.2 Å². The van der Waals surface area contributed by atoms with Crippen LogP contribution in [0.1, 0.15) is 25.8 Å². The molecule has 1 N–H and O–H groups in total. The van der Waals surface area contributed by atoms with E-state index >= 15 is 0 Å². The van der Waals surface area contributed by atoms with Gasteiger partial charge in [0, 0.05) is 12.7 Å². The molecular weight excluding hydrogens is 323 g/mol. The molecule has 1 aromatic rings. The van der Waals surface area contributed by atoms with Crippen molar-refractivity contribution < 1.29 is 9.59 Å². The Labute approximate surface area is 140 Å². The van der Waals surface area contributed by atoms with Crippen LogP contribution in [-0.4, -0.2) is 34.6 Å². The van der Waals surface area contributed by atoms with Crippen LogP contribution in [0.2, 0.25) is 0 Å². The number of nitrogens with zero attached hydrogens (tertiary/aromatic N) is 1. The van der Waals surface area contributed by atoms with Gasteiger partial charge in [-0.05, 0) is 31.4 Å². The van der Waals surface area contributed by atoms with Crippen LogP contribution >= 0.6 is 23.2 Å². The number of para-hydroxylation sites is 1. The van der Waals surface area contributed by atoms with Crippen molar-refractivity contribution in [3.8, 4) is 0 Å². The zero-order chi connectivity index (χ0) is 16.5. The number of hydrogen-bond acceptors (Lipinski definition) is 2. The number of alkyl halides is 2. The third-order valence-electron chi connectivity index (χ3n) is 4.13. The number of anilines is 1. The summed E-state index contributed by atoms with van der Waals surface area (Å²) in [5, 5.41) is 2.84. The quantitative estimate of drug-likeness (QED) is 0.835. The van der Waals surface area contributed by atoms with Crippen LogP contribution in [0.25, 0.3) is 0 Å². The molecule has 0 bridgehead atoms. The highest BCUT2D eigenvalue weighted by atomic mass is 35.5. The second-order valence-corrected chi connectivity index (χ2v) is 7.42. The first-order chi connectivity index (χ1) is 10.2. The SMILES string of the molecule is CCc1ccccc1NC(=O)CN(C)C(=O)C1(C)CC1(Cl)Cl. The number of aryl methyl sites for hydroxylation is 1. The molecule has 0 spiro atoms. The molecule has 6 heteroatoms. The van der Waals surface area contributed by atoms with E-state index in [0.29, 0.717) is 6.42 Å². The van der Waals surface area contributed by atoms with Crippen LogP contribution in [0.5, 0.6) is 0 Å². The number of carbonyl (C=O) groups is 2. The van der Waals surface area contributed by atoms with Gasteiger partial charge in [-0.3, -0.25) is 9.59 Å². The number of halogens is 2. The highest BCUT2D eigenvalue weighted by molar-refractivity contribution is 6.53. The first kappa shape index (κ1) is 17.1. The molecule has 2 amide bonds. The van der Waals surface area contributed by atoms with Gasteiger partial charge in [0.2, 0.25) is 11.8 Å². The summed E-state index contributed by atoms with van der Waals surface area (Å²) in [6.45, 7) is 3.71. The molecule has 1 fully saturated rings. The molecule has 0 heterocycles. The fourth-order valence-electron chi connectivity index (χ4n) is 2.48. The van der Waals surface area contributed by atoms with E-state index in [1.165, 1.54) is 4.90 Å². The second kappa shape index (κ2) is 6.09. The summed E-state index contributed by atoms with van der Waals surface area (Å²) in [4.78, 5) is 25.8. The first-order valence-corrected chi connectivity index (χ1v) is 7.98. The Hall–Kier alpha value is -1.26. The predicted octanol–water partition coefficient (Wildman–Crippen LogP) is 3.23. The average Bonchev–Trinajstić information content (AvgIpc) is 2.98. The van der Waals surface area contributed by atoms with Gasteiger partial charge < -0.3 is 10.2 Å². The van der Waals surface area contributed by atoms with Crippen molar-refractivity contribution >= 4 is 40.7 Å². The molecule has 1 unspecified atom stereocenters. The van der Waals surface area contributed by atoms with E-state index in [9.17, 15) is 9.59 Å². The summed E-state index contributed by atoms with van der Waals surface area (Å²) >= 11 is 12.0. The van der Waals surface area contributed by atoms with Crippen LogP contribution < -0.4 is 5.32 Å². The molecule has 0 saturated heterocycles. The molecule has 1 aliphatic carbocycles. The zero-order valence-electron chi connectivity index (χ0n) is 13.0. The van der Waals surface area contributed by atoms with Crippen LogP contribution in [0.3, 0.4) is 0 Å². The number of rotatable bonds is 5. The first-order valence-electron chi connectivity index (χ1n) is 7.22. The van der Waals surface area contributed by atoms with Gasteiger partial charge in [-0.1, -0.05) is 25.1 Å². The summed E-state index contributed by atoms with van der Waals surface area (Å²) in [7, 11) is 1.58. The molecule has 1 aliphatic rings. The van der Waals surface area contributed by atoms with Gasteiger partial charge in [-0.25, -0.2) is 0 Å². The van der Waals surface area contributed by atoms with Crippen molar-refractivity contribution in [2.45, 2.75) is 31.0 Å². The summed E-state index contributed by atoms with van der Waals surface area (Å²) < 4.78 is -1.02. The van der Waals surface area contributed by atoms with Crippen molar-refractivity contribution in [3.05, 3.63) is 29.8 Å². The molecule has 0 aliphatic heterocycles. The largest absolute Gasteiger partial charge is 0.336 e. The fraction of sp³-hybridized carbons (Fsp3) is 0.500. The minimum atomic E-state index is -1.02. The summed E-state index contributed by atoms with van der Waals surface area (Å²) in [6, 6.07) is 7.61. The van der Waals surface area contributed by atoms with E-state index in [1.807, 2.05) is 31.2 Å². The Morgan fingerprint density at radius 1 is 1.32 bits per heavy atom. The Morgan fingerprint density at radius 3 is 2.45 bits per heavy atom. The molecular formula is C16H20Cl2N2O2. The smallest absolute Gasteiger partial charge is 0.243 e. The van der Waals surface area contributed by atoms with Crippen LogP contribution in [0.4, 0.5) is 5.69 Å². The Morgan fingerprint density at radius 2 is 1.91 bits per heavy atom. The molecule has 0 radical (unpaired) electrons. The van der Waals surface area contributed by atoms with Crippen LogP contribution in [0.15, 0.2) is 24.3 Å². The van der Waals surface area contributed by atoms with E-state index < -0.39 is 9.75 Å². The Bertz CT molecular complexity index is 604. The van der Waals surface area contributed by atoms with E-state index in [1.54, 1.807) is 14.0 Å². The molecule has 4 nitrogen and oxygen atoms in total. The monoisotopic (exact) mass is 342 g/mol. The van der Waals surface area contributed by atoms with Crippen molar-refractivity contribution in [2.75, 3.05) is 18.9 Å². The summed E-state index contributed by atoms with van der Waals surface area (Å²) in [6.07, 6.45) is 1.23. The number of likely N-dealkylation sites (N-methyl/N-ethyl adjacent to an activating group) is 1. The van der Waals surface area contributed by atoms with Gasteiger partial charge in [0.1, 0.15) is 4.33 Å². The van der Waals surface area contributed by atoms with Crippen molar-refractivity contribution in [1.29, 1.82) is 0 Å². The van der Waals surface area contributed by atoms with Gasteiger partial charge in [0.15, 0.2) is 0 Å². The van der Waals surface area contributed by atoms with E-state index in [0.717, 1.165) is 17.7 Å². The molecule has 1 aromatic carbocycles. The number of hydrogen-bond donors (Lipinski definition) is 1. The van der Waals surface area contributed by atoms with Crippen LogP contribution in [-0.2, 0) is 16.0 Å². The minimum absolute atomic E-state index is 0.0314. The van der Waals surface area contributed by atoms with Gasteiger partial charge in [0.25, 0.3) is 0 Å². The Balaban J connectivity index is 1.96. The van der Waals surface area contributed by atoms with Gasteiger partial charge in [0.05, 0.1) is 12.0 Å². The third-order valence-corrected chi connectivity index (χ3v) is 5.23. The second-order valence-electron chi connectivity index (χ2n) is 5.93. The van der Waals surface area contributed by atoms with Crippen LogP contribution in [0, 0.1) is 5.41 Å². The van der Waals surface area contributed by atoms with Gasteiger partial charge in [-0.2, -0.15) is 0 Å². The topological polar surface area (TPSA) is 49.4 Å². The maximum Gasteiger partial charge on any atom is 0.243 e. The lowest BCUT2D eigenvalue weighted by molar-refractivity contribution is -0.137. The molecule has 2 rings (SSSR count). The van der Waals surface area contributed by atoms with E-state index in [2.05, 4.69) is 5.32 Å². The highest BCUT2D eigenvalue weighted by Crippen LogP contribution is 2.64. The predicted molar refractivity (Wildman–Crippen MR) is 89.2 cm³/mol. The zero-order valence-corrected chi connectivity index (χ0v) is 14.5. The molecule has 0 aromatic heterocycles. The third kappa shape index (κ3) is 3.23. The standard InChI is InChI=1S/C16H20Cl2N2O2/c1-4-11-7-5-6-8-12(11)19-13(21)9-20(3)14(22)15(2)10-16(15,17)18/h5-8H,4,9-10H2,1-3H3,(H,19,21). The summed E-state index contributed by atoms with van der Waals surface area (Å²) in [5.74, 6) is -0.452. The van der Waals surface area contributed by atoms with Crippen molar-refractivity contribution in [3.63, 3.8) is 0 Å². The fourth-order valence-corrected chi connectivity index (χ4v) is 3.18. The Kier molecular flexibility index (Phi) is 4.73. The minimum Gasteiger partial charge on any atom is -0.336 e. The number of benzene rings is 1. The lowest BCUT2D eigenvalue weighted by atomic mass is 10.1. The lowest BCUT2D eigenvalue weighted by Gasteiger charge is -2.22.